The Kier molecular flexibility index (Phi) is 4.90. The molecular weight excluding hydrogens is 348 g/mol. The standard InChI is InChI=1S/C21H21F2N3O/c22-17-4-2-15(3-5-17)14-25-8-1-9-26(11-10-25)21(27)20-13-16-12-18(23)6-7-19(16)24-20/h2-7,12-13,24H,1,8-11,14H2. The monoisotopic (exact) mass is 369 g/mol. The Morgan fingerprint density at radius 3 is 2.52 bits per heavy atom. The Labute approximate surface area is 156 Å². The fourth-order valence-electron chi connectivity index (χ4n) is 3.57. The molecule has 3 aromatic rings. The zero-order chi connectivity index (χ0) is 18.8. The van der Waals surface area contributed by atoms with Crippen LogP contribution in [0.2, 0.25) is 0 Å². The van der Waals surface area contributed by atoms with Crippen LogP contribution in [0, 0.1) is 11.6 Å². The number of halogens is 2. The molecule has 0 aliphatic carbocycles. The summed E-state index contributed by atoms with van der Waals surface area (Å²) in [5.74, 6) is -0.605. The third kappa shape index (κ3) is 4.01. The van der Waals surface area contributed by atoms with Gasteiger partial charge in [0.15, 0.2) is 0 Å². The Morgan fingerprint density at radius 2 is 1.70 bits per heavy atom. The lowest BCUT2D eigenvalue weighted by molar-refractivity contribution is 0.0756. The minimum Gasteiger partial charge on any atom is -0.351 e. The van der Waals surface area contributed by atoms with Gasteiger partial charge in [0.25, 0.3) is 5.91 Å². The van der Waals surface area contributed by atoms with Crippen molar-refractivity contribution in [2.45, 2.75) is 13.0 Å². The number of carbonyl (C=O) groups excluding carboxylic acids is 1. The number of hydrogen-bond donors (Lipinski definition) is 1. The molecule has 1 aliphatic heterocycles. The molecule has 1 amide bonds. The topological polar surface area (TPSA) is 39.3 Å². The molecule has 0 saturated carbocycles. The van der Waals surface area contributed by atoms with E-state index in [9.17, 15) is 13.6 Å². The number of hydrogen-bond acceptors (Lipinski definition) is 2. The van der Waals surface area contributed by atoms with Crippen LogP contribution in [-0.2, 0) is 6.54 Å². The van der Waals surface area contributed by atoms with E-state index >= 15 is 0 Å². The Balaban J connectivity index is 1.42. The summed E-state index contributed by atoms with van der Waals surface area (Å²) in [7, 11) is 0. The highest BCUT2D eigenvalue weighted by Crippen LogP contribution is 2.19. The maximum absolute atomic E-state index is 13.4. The first-order valence-corrected chi connectivity index (χ1v) is 9.13. The van der Waals surface area contributed by atoms with E-state index in [1.165, 1.54) is 24.3 Å². The third-order valence-corrected chi connectivity index (χ3v) is 5.01. The van der Waals surface area contributed by atoms with Crippen molar-refractivity contribution in [3.8, 4) is 0 Å². The first kappa shape index (κ1) is 17.7. The number of nitrogens with zero attached hydrogens (tertiary/aromatic N) is 2. The van der Waals surface area contributed by atoms with Crippen LogP contribution in [0.4, 0.5) is 8.78 Å². The second-order valence-electron chi connectivity index (χ2n) is 6.96. The van der Waals surface area contributed by atoms with Crippen LogP contribution < -0.4 is 0 Å². The number of benzene rings is 2. The largest absolute Gasteiger partial charge is 0.351 e. The highest BCUT2D eigenvalue weighted by Gasteiger charge is 2.21. The first-order valence-electron chi connectivity index (χ1n) is 9.13. The molecule has 6 heteroatoms. The molecular formula is C21H21F2N3O. The van der Waals surface area contributed by atoms with Gasteiger partial charge in [0.2, 0.25) is 0 Å². The number of aromatic amines is 1. The molecule has 0 bridgehead atoms. The lowest BCUT2D eigenvalue weighted by atomic mass is 10.2. The second kappa shape index (κ2) is 7.48. The highest BCUT2D eigenvalue weighted by molar-refractivity contribution is 5.98. The van der Waals surface area contributed by atoms with Crippen molar-refractivity contribution >= 4 is 16.8 Å². The van der Waals surface area contributed by atoms with Crippen LogP contribution >= 0.6 is 0 Å². The van der Waals surface area contributed by atoms with Gasteiger partial charge in [-0.1, -0.05) is 12.1 Å². The number of amides is 1. The number of rotatable bonds is 3. The predicted octanol–water partition coefficient (Wildman–Crippen LogP) is 3.79. The fraction of sp³-hybridized carbons (Fsp3) is 0.286. The molecule has 4 rings (SSSR count). The van der Waals surface area contributed by atoms with Gasteiger partial charge < -0.3 is 9.88 Å². The molecule has 1 aromatic heterocycles. The smallest absolute Gasteiger partial charge is 0.270 e. The minimum atomic E-state index is -0.313. The van der Waals surface area contributed by atoms with Gasteiger partial charge in [-0.25, -0.2) is 8.78 Å². The fourth-order valence-corrected chi connectivity index (χ4v) is 3.57. The van der Waals surface area contributed by atoms with Crippen molar-refractivity contribution in [2.24, 2.45) is 0 Å². The van der Waals surface area contributed by atoms with Crippen LogP contribution in [0.5, 0.6) is 0 Å². The van der Waals surface area contributed by atoms with Gasteiger partial charge in [0, 0.05) is 43.6 Å². The summed E-state index contributed by atoms with van der Waals surface area (Å²) in [5.41, 5.74) is 2.31. The second-order valence-corrected chi connectivity index (χ2v) is 6.96. The summed E-state index contributed by atoms with van der Waals surface area (Å²) in [6, 6.07) is 12.7. The molecule has 1 saturated heterocycles. The quantitative estimate of drug-likeness (QED) is 0.763. The Bertz CT molecular complexity index is 952. The Hall–Kier alpha value is -2.73. The van der Waals surface area contributed by atoms with E-state index < -0.39 is 0 Å². The number of aromatic nitrogens is 1. The maximum Gasteiger partial charge on any atom is 0.270 e. The zero-order valence-corrected chi connectivity index (χ0v) is 14.9. The summed E-state index contributed by atoms with van der Waals surface area (Å²) in [6.07, 6.45) is 0.877. The average Bonchev–Trinajstić information content (AvgIpc) is 2.94. The van der Waals surface area contributed by atoms with Crippen LogP contribution in [0.1, 0.15) is 22.5 Å². The van der Waals surface area contributed by atoms with Crippen molar-refractivity contribution in [1.82, 2.24) is 14.8 Å². The SMILES string of the molecule is O=C(c1cc2cc(F)ccc2[nH]1)N1CCCN(Cc2ccc(F)cc2)CC1. The van der Waals surface area contributed by atoms with Gasteiger partial charge in [0.05, 0.1) is 0 Å². The molecule has 0 unspecified atom stereocenters. The van der Waals surface area contributed by atoms with E-state index in [-0.39, 0.29) is 17.5 Å². The van der Waals surface area contributed by atoms with Crippen LogP contribution in [0.3, 0.4) is 0 Å². The molecule has 2 aromatic carbocycles. The van der Waals surface area contributed by atoms with Crippen LogP contribution in [-0.4, -0.2) is 46.9 Å². The van der Waals surface area contributed by atoms with E-state index in [4.69, 9.17) is 0 Å². The molecule has 0 radical (unpaired) electrons. The first-order chi connectivity index (χ1) is 13.1. The molecule has 27 heavy (non-hydrogen) atoms. The van der Waals surface area contributed by atoms with Crippen molar-refractivity contribution in [2.75, 3.05) is 26.2 Å². The molecule has 0 atom stereocenters. The summed E-state index contributed by atoms with van der Waals surface area (Å²) in [5, 5.41) is 0.700. The molecule has 1 fully saturated rings. The highest BCUT2D eigenvalue weighted by atomic mass is 19.1. The maximum atomic E-state index is 13.4. The molecule has 1 N–H and O–H groups in total. The number of H-pyrrole nitrogens is 1. The average molecular weight is 369 g/mol. The van der Waals surface area contributed by atoms with Gasteiger partial charge in [-0.3, -0.25) is 9.69 Å². The van der Waals surface area contributed by atoms with Crippen molar-refractivity contribution in [3.05, 3.63) is 71.4 Å². The van der Waals surface area contributed by atoms with Crippen LogP contribution in [0.15, 0.2) is 48.5 Å². The number of nitrogens with one attached hydrogen (secondary N) is 1. The third-order valence-electron chi connectivity index (χ3n) is 5.01. The van der Waals surface area contributed by atoms with Gasteiger partial charge in [0.1, 0.15) is 17.3 Å². The van der Waals surface area contributed by atoms with Gasteiger partial charge in [-0.2, -0.15) is 0 Å². The lowest BCUT2D eigenvalue weighted by Crippen LogP contribution is -2.35. The number of carbonyl (C=O) groups is 1. The van der Waals surface area contributed by atoms with Crippen LogP contribution in [0.25, 0.3) is 10.9 Å². The summed E-state index contributed by atoms with van der Waals surface area (Å²) >= 11 is 0. The Morgan fingerprint density at radius 1 is 0.926 bits per heavy atom. The van der Waals surface area contributed by atoms with E-state index in [0.717, 1.165) is 37.1 Å². The molecule has 2 heterocycles. The molecule has 4 nitrogen and oxygen atoms in total. The normalized spacial score (nSPS) is 15.9. The van der Waals surface area contributed by atoms with Crippen molar-refractivity contribution in [1.29, 1.82) is 0 Å². The predicted molar refractivity (Wildman–Crippen MR) is 100 cm³/mol. The molecule has 0 spiro atoms. The summed E-state index contributed by atoms with van der Waals surface area (Å²) in [6.45, 7) is 3.71. The molecule has 140 valence electrons. The van der Waals surface area contributed by atoms with Crippen molar-refractivity contribution in [3.63, 3.8) is 0 Å². The minimum absolute atomic E-state index is 0.0600. The van der Waals surface area contributed by atoms with E-state index in [1.54, 1.807) is 24.3 Å². The van der Waals surface area contributed by atoms with Gasteiger partial charge >= 0.3 is 0 Å². The number of fused-ring (bicyclic) bond motifs is 1. The van der Waals surface area contributed by atoms with E-state index in [1.807, 2.05) is 4.90 Å². The summed E-state index contributed by atoms with van der Waals surface area (Å²) < 4.78 is 26.4. The van der Waals surface area contributed by atoms with Gasteiger partial charge in [-0.15, -0.1) is 0 Å². The van der Waals surface area contributed by atoms with E-state index in [0.29, 0.717) is 24.2 Å². The van der Waals surface area contributed by atoms with Crippen molar-refractivity contribution < 1.29 is 13.6 Å². The van der Waals surface area contributed by atoms with Gasteiger partial charge in [-0.05, 0) is 48.4 Å². The van der Waals surface area contributed by atoms with E-state index in [2.05, 4.69) is 9.88 Å². The summed E-state index contributed by atoms with van der Waals surface area (Å²) in [4.78, 5) is 20.1. The molecule has 1 aliphatic rings. The lowest BCUT2D eigenvalue weighted by Gasteiger charge is -2.21. The zero-order valence-electron chi connectivity index (χ0n) is 14.9.